The highest BCUT2D eigenvalue weighted by Gasteiger charge is 2.13. The zero-order chi connectivity index (χ0) is 15.1. The van der Waals surface area contributed by atoms with Crippen LogP contribution in [0.3, 0.4) is 0 Å². The number of rotatable bonds is 6. The number of hydrogen-bond donors (Lipinski definition) is 3. The van der Waals surface area contributed by atoms with E-state index in [4.69, 9.17) is 0 Å². The molecule has 112 valence electrons. The SMILES string of the molecule is CCC(C)C(C)NC(=O)Nc1ccc(C(C)NC)cc1. The smallest absolute Gasteiger partial charge is 0.319 e. The second-order valence-corrected chi connectivity index (χ2v) is 5.41. The monoisotopic (exact) mass is 277 g/mol. The fourth-order valence-electron chi connectivity index (χ4n) is 1.89. The first-order valence-electron chi connectivity index (χ1n) is 7.32. The van der Waals surface area contributed by atoms with Gasteiger partial charge in [0.15, 0.2) is 0 Å². The Bertz CT molecular complexity index is 416. The van der Waals surface area contributed by atoms with E-state index >= 15 is 0 Å². The van der Waals surface area contributed by atoms with Gasteiger partial charge in [-0.05, 0) is 44.5 Å². The summed E-state index contributed by atoms with van der Waals surface area (Å²) in [5.74, 6) is 0.472. The van der Waals surface area contributed by atoms with Crippen molar-refractivity contribution >= 4 is 11.7 Å². The Kier molecular flexibility index (Phi) is 6.52. The molecule has 0 spiro atoms. The number of benzene rings is 1. The number of hydrogen-bond acceptors (Lipinski definition) is 2. The van der Waals surface area contributed by atoms with E-state index in [1.165, 1.54) is 5.56 Å². The first kappa shape index (κ1) is 16.5. The van der Waals surface area contributed by atoms with Crippen molar-refractivity contribution in [3.63, 3.8) is 0 Å². The molecule has 3 unspecified atom stereocenters. The lowest BCUT2D eigenvalue weighted by atomic mass is 10.0. The normalized spacial score (nSPS) is 15.2. The maximum Gasteiger partial charge on any atom is 0.319 e. The van der Waals surface area contributed by atoms with Crippen LogP contribution in [-0.4, -0.2) is 19.1 Å². The molecule has 0 saturated heterocycles. The third-order valence-corrected chi connectivity index (χ3v) is 3.96. The van der Waals surface area contributed by atoms with Gasteiger partial charge in [-0.3, -0.25) is 0 Å². The summed E-state index contributed by atoms with van der Waals surface area (Å²) in [4.78, 5) is 11.9. The van der Waals surface area contributed by atoms with Gasteiger partial charge in [-0.2, -0.15) is 0 Å². The van der Waals surface area contributed by atoms with Crippen molar-refractivity contribution in [1.29, 1.82) is 0 Å². The first-order valence-corrected chi connectivity index (χ1v) is 7.32. The van der Waals surface area contributed by atoms with Crippen molar-refractivity contribution in [1.82, 2.24) is 10.6 Å². The molecule has 2 amide bonds. The highest BCUT2D eigenvalue weighted by atomic mass is 16.2. The lowest BCUT2D eigenvalue weighted by molar-refractivity contribution is 0.244. The van der Waals surface area contributed by atoms with Crippen molar-refractivity contribution in [2.45, 2.75) is 46.2 Å². The van der Waals surface area contributed by atoms with Gasteiger partial charge in [0, 0.05) is 17.8 Å². The van der Waals surface area contributed by atoms with Crippen LogP contribution in [0.15, 0.2) is 24.3 Å². The summed E-state index contributed by atoms with van der Waals surface area (Å²) < 4.78 is 0. The fourth-order valence-corrected chi connectivity index (χ4v) is 1.89. The van der Waals surface area contributed by atoms with Gasteiger partial charge in [-0.15, -0.1) is 0 Å². The Balaban J connectivity index is 2.54. The predicted molar refractivity (Wildman–Crippen MR) is 85.0 cm³/mol. The van der Waals surface area contributed by atoms with Crippen LogP contribution in [0.2, 0.25) is 0 Å². The molecule has 1 rings (SSSR count). The molecule has 0 aliphatic rings. The van der Waals surface area contributed by atoms with Crippen molar-refractivity contribution < 1.29 is 4.79 Å². The van der Waals surface area contributed by atoms with Crippen molar-refractivity contribution in [3.8, 4) is 0 Å². The number of carbonyl (C=O) groups is 1. The zero-order valence-corrected chi connectivity index (χ0v) is 13.2. The summed E-state index contributed by atoms with van der Waals surface area (Å²) >= 11 is 0. The van der Waals surface area contributed by atoms with E-state index in [1.54, 1.807) is 0 Å². The third-order valence-electron chi connectivity index (χ3n) is 3.96. The Morgan fingerprint density at radius 3 is 2.25 bits per heavy atom. The van der Waals surface area contributed by atoms with Gasteiger partial charge in [0.2, 0.25) is 0 Å². The molecule has 0 radical (unpaired) electrons. The number of amides is 2. The molecule has 4 heteroatoms. The van der Waals surface area contributed by atoms with E-state index in [0.29, 0.717) is 12.0 Å². The molecule has 0 bridgehead atoms. The number of urea groups is 1. The third kappa shape index (κ3) is 4.85. The van der Waals surface area contributed by atoms with Crippen molar-refractivity contribution in [2.24, 2.45) is 5.92 Å². The van der Waals surface area contributed by atoms with Crippen LogP contribution in [0, 0.1) is 5.92 Å². The topological polar surface area (TPSA) is 53.2 Å². The first-order chi connectivity index (χ1) is 9.47. The number of carbonyl (C=O) groups excluding carboxylic acids is 1. The molecule has 0 heterocycles. The number of anilines is 1. The van der Waals surface area contributed by atoms with E-state index in [1.807, 2.05) is 38.2 Å². The molecule has 0 saturated carbocycles. The second kappa shape index (κ2) is 7.90. The van der Waals surface area contributed by atoms with Gasteiger partial charge >= 0.3 is 6.03 Å². The van der Waals surface area contributed by atoms with Crippen molar-refractivity contribution in [2.75, 3.05) is 12.4 Å². The van der Waals surface area contributed by atoms with Gasteiger partial charge in [0.25, 0.3) is 0 Å². The van der Waals surface area contributed by atoms with Crippen LogP contribution in [0.4, 0.5) is 10.5 Å². The Morgan fingerprint density at radius 1 is 1.15 bits per heavy atom. The molecule has 0 aromatic heterocycles. The molecular weight excluding hydrogens is 250 g/mol. The maximum atomic E-state index is 11.9. The lowest BCUT2D eigenvalue weighted by Crippen LogP contribution is -2.39. The van der Waals surface area contributed by atoms with Crippen LogP contribution >= 0.6 is 0 Å². The lowest BCUT2D eigenvalue weighted by Gasteiger charge is -2.20. The molecule has 3 atom stereocenters. The molecule has 4 nitrogen and oxygen atoms in total. The van der Waals surface area contributed by atoms with Crippen LogP contribution < -0.4 is 16.0 Å². The largest absolute Gasteiger partial charge is 0.335 e. The van der Waals surface area contributed by atoms with Gasteiger partial charge in [0.1, 0.15) is 0 Å². The summed E-state index contributed by atoms with van der Waals surface area (Å²) in [6.45, 7) is 8.40. The van der Waals surface area contributed by atoms with Gasteiger partial charge in [-0.1, -0.05) is 32.4 Å². The van der Waals surface area contributed by atoms with Gasteiger partial charge in [-0.25, -0.2) is 4.79 Å². The van der Waals surface area contributed by atoms with E-state index in [-0.39, 0.29) is 12.1 Å². The quantitative estimate of drug-likeness (QED) is 0.745. The predicted octanol–water partition coefficient (Wildman–Crippen LogP) is 3.52. The summed E-state index contributed by atoms with van der Waals surface area (Å²) in [7, 11) is 1.93. The van der Waals surface area contributed by atoms with E-state index in [0.717, 1.165) is 12.1 Å². The Labute approximate surface area is 122 Å². The Morgan fingerprint density at radius 2 is 1.75 bits per heavy atom. The summed E-state index contributed by atoms with van der Waals surface area (Å²) in [6, 6.07) is 8.23. The molecule has 0 aliphatic heterocycles. The van der Waals surface area contributed by atoms with Gasteiger partial charge in [0.05, 0.1) is 0 Å². The van der Waals surface area contributed by atoms with Gasteiger partial charge < -0.3 is 16.0 Å². The van der Waals surface area contributed by atoms with E-state index in [2.05, 4.69) is 36.7 Å². The van der Waals surface area contributed by atoms with E-state index in [9.17, 15) is 4.79 Å². The van der Waals surface area contributed by atoms with Crippen molar-refractivity contribution in [3.05, 3.63) is 29.8 Å². The van der Waals surface area contributed by atoms with E-state index < -0.39 is 0 Å². The summed E-state index contributed by atoms with van der Waals surface area (Å²) in [5.41, 5.74) is 2.01. The minimum absolute atomic E-state index is 0.146. The zero-order valence-electron chi connectivity index (χ0n) is 13.2. The minimum atomic E-state index is -0.146. The average Bonchev–Trinajstić information content (AvgIpc) is 2.46. The molecule has 0 fully saturated rings. The van der Waals surface area contributed by atoms with Crippen LogP contribution in [0.5, 0.6) is 0 Å². The van der Waals surface area contributed by atoms with Crippen LogP contribution in [0.1, 0.15) is 45.7 Å². The fraction of sp³-hybridized carbons (Fsp3) is 0.562. The maximum absolute atomic E-state index is 11.9. The Hall–Kier alpha value is -1.55. The standard InChI is InChI=1S/C16H27N3O/c1-6-11(2)12(3)18-16(20)19-15-9-7-14(8-10-15)13(4)17-5/h7-13,17H,6H2,1-5H3,(H2,18,19,20). The minimum Gasteiger partial charge on any atom is -0.335 e. The summed E-state index contributed by atoms with van der Waals surface area (Å²) in [5, 5.41) is 9.02. The highest BCUT2D eigenvalue weighted by molar-refractivity contribution is 5.89. The number of nitrogens with one attached hydrogen (secondary N) is 3. The van der Waals surface area contributed by atoms with Crippen LogP contribution in [-0.2, 0) is 0 Å². The molecular formula is C16H27N3O. The molecule has 1 aromatic carbocycles. The molecule has 3 N–H and O–H groups in total. The molecule has 20 heavy (non-hydrogen) atoms. The molecule has 1 aromatic rings. The highest BCUT2D eigenvalue weighted by Crippen LogP contribution is 2.15. The summed E-state index contributed by atoms with van der Waals surface area (Å²) in [6.07, 6.45) is 1.05. The van der Waals surface area contributed by atoms with Crippen LogP contribution in [0.25, 0.3) is 0 Å². The second-order valence-electron chi connectivity index (χ2n) is 5.41. The molecule has 0 aliphatic carbocycles. The average molecular weight is 277 g/mol.